The summed E-state index contributed by atoms with van der Waals surface area (Å²) in [5.74, 6) is 0. The molecule has 0 amide bonds. The van der Waals surface area contributed by atoms with Gasteiger partial charge in [-0.1, -0.05) is 15.9 Å². The van der Waals surface area contributed by atoms with Gasteiger partial charge in [0.15, 0.2) is 0 Å². The van der Waals surface area contributed by atoms with Crippen molar-refractivity contribution in [3.05, 3.63) is 28.2 Å². The van der Waals surface area contributed by atoms with Crippen LogP contribution in [0.2, 0.25) is 0 Å². The van der Waals surface area contributed by atoms with Crippen molar-refractivity contribution in [3.8, 4) is 0 Å². The molecular weight excluding hydrogens is 304 g/mol. The Labute approximate surface area is 111 Å². The zero-order valence-electron chi connectivity index (χ0n) is 10.1. The molecule has 1 aromatic rings. The molecule has 0 radical (unpaired) electrons. The van der Waals surface area contributed by atoms with Gasteiger partial charge in [0, 0.05) is 17.1 Å². The van der Waals surface area contributed by atoms with Crippen molar-refractivity contribution in [2.45, 2.75) is 24.8 Å². The molecule has 0 saturated carbocycles. The number of aryl methyl sites for hydroxylation is 1. The smallest absolute Gasteiger partial charge is 0.240 e. The van der Waals surface area contributed by atoms with Crippen molar-refractivity contribution < 1.29 is 8.42 Å². The van der Waals surface area contributed by atoms with E-state index >= 15 is 0 Å². The first kappa shape index (κ1) is 14.6. The lowest BCUT2D eigenvalue weighted by molar-refractivity contribution is 0.554. The molecule has 17 heavy (non-hydrogen) atoms. The molecule has 6 heteroatoms. The molecule has 0 aliphatic rings. The van der Waals surface area contributed by atoms with Gasteiger partial charge in [0.1, 0.15) is 0 Å². The lowest BCUT2D eigenvalue weighted by atomic mass is 10.2. The molecule has 1 rings (SSSR count). The summed E-state index contributed by atoms with van der Waals surface area (Å²) in [4.78, 5) is 0.293. The number of halogens is 1. The maximum Gasteiger partial charge on any atom is 0.240 e. The predicted octanol–water partition coefficient (Wildman–Crippen LogP) is 1.64. The van der Waals surface area contributed by atoms with E-state index in [1.54, 1.807) is 25.2 Å². The first-order valence-electron chi connectivity index (χ1n) is 5.30. The molecule has 0 spiro atoms. The Morgan fingerprint density at radius 3 is 2.59 bits per heavy atom. The first-order chi connectivity index (χ1) is 7.86. The van der Waals surface area contributed by atoms with Gasteiger partial charge in [0.2, 0.25) is 10.0 Å². The monoisotopic (exact) mass is 320 g/mol. The van der Waals surface area contributed by atoms with Gasteiger partial charge in [0.05, 0.1) is 4.90 Å². The third kappa shape index (κ3) is 4.06. The molecule has 1 unspecified atom stereocenters. The van der Waals surface area contributed by atoms with Crippen LogP contribution in [-0.2, 0) is 10.0 Å². The number of likely N-dealkylation sites (N-methyl/N-ethyl adjacent to an activating group) is 1. The second-order valence-electron chi connectivity index (χ2n) is 3.95. The molecule has 0 aliphatic carbocycles. The quantitative estimate of drug-likeness (QED) is 0.867. The van der Waals surface area contributed by atoms with Gasteiger partial charge in [-0.3, -0.25) is 0 Å². The summed E-state index contributed by atoms with van der Waals surface area (Å²) in [6.45, 7) is 4.14. The van der Waals surface area contributed by atoms with Gasteiger partial charge in [-0.2, -0.15) is 0 Å². The van der Waals surface area contributed by atoms with Gasteiger partial charge in [-0.15, -0.1) is 0 Å². The van der Waals surface area contributed by atoms with Gasteiger partial charge in [-0.25, -0.2) is 13.1 Å². The molecule has 0 heterocycles. The molecule has 0 aromatic heterocycles. The molecule has 4 nitrogen and oxygen atoms in total. The van der Waals surface area contributed by atoms with Gasteiger partial charge < -0.3 is 5.32 Å². The van der Waals surface area contributed by atoms with E-state index in [4.69, 9.17) is 0 Å². The molecule has 0 bridgehead atoms. The zero-order valence-corrected chi connectivity index (χ0v) is 12.5. The topological polar surface area (TPSA) is 58.2 Å². The minimum atomic E-state index is -3.42. The summed E-state index contributed by atoms with van der Waals surface area (Å²) >= 11 is 3.34. The van der Waals surface area contributed by atoms with Crippen LogP contribution in [0.4, 0.5) is 0 Å². The summed E-state index contributed by atoms with van der Waals surface area (Å²) in [6, 6.07) is 5.08. The molecule has 1 aromatic carbocycles. The summed E-state index contributed by atoms with van der Waals surface area (Å²) < 4.78 is 27.4. The summed E-state index contributed by atoms with van der Waals surface area (Å²) in [5.41, 5.74) is 0.898. The Hall–Kier alpha value is -0.430. The average molecular weight is 321 g/mol. The predicted molar refractivity (Wildman–Crippen MR) is 72.6 cm³/mol. The number of hydrogen-bond donors (Lipinski definition) is 2. The van der Waals surface area contributed by atoms with Gasteiger partial charge in [0.25, 0.3) is 0 Å². The highest BCUT2D eigenvalue weighted by Gasteiger charge is 2.15. The maximum absolute atomic E-state index is 12.0. The number of nitrogens with one attached hydrogen (secondary N) is 2. The van der Waals surface area contributed by atoms with Crippen molar-refractivity contribution in [1.29, 1.82) is 0 Å². The number of rotatable bonds is 5. The largest absolute Gasteiger partial charge is 0.316 e. The molecule has 0 saturated heterocycles. The van der Waals surface area contributed by atoms with Gasteiger partial charge >= 0.3 is 0 Å². The van der Waals surface area contributed by atoms with E-state index in [2.05, 4.69) is 26.0 Å². The van der Waals surface area contributed by atoms with Crippen molar-refractivity contribution in [3.63, 3.8) is 0 Å². The zero-order chi connectivity index (χ0) is 13.1. The van der Waals surface area contributed by atoms with E-state index in [1.165, 1.54) is 0 Å². The van der Waals surface area contributed by atoms with Crippen LogP contribution in [0.3, 0.4) is 0 Å². The van der Waals surface area contributed by atoms with Crippen LogP contribution in [0, 0.1) is 6.92 Å². The van der Waals surface area contributed by atoms with Gasteiger partial charge in [-0.05, 0) is 44.7 Å². The molecule has 96 valence electrons. The van der Waals surface area contributed by atoms with Crippen LogP contribution in [-0.4, -0.2) is 28.1 Å². The highest BCUT2D eigenvalue weighted by molar-refractivity contribution is 9.10. The van der Waals surface area contributed by atoms with Crippen molar-refractivity contribution in [2.75, 3.05) is 13.6 Å². The third-order valence-electron chi connectivity index (χ3n) is 2.51. The molecule has 0 aliphatic heterocycles. The minimum absolute atomic E-state index is 0.0984. The minimum Gasteiger partial charge on any atom is -0.316 e. The Balaban J connectivity index is 2.86. The second-order valence-corrected chi connectivity index (χ2v) is 6.57. The first-order valence-corrected chi connectivity index (χ1v) is 7.57. The van der Waals surface area contributed by atoms with Crippen LogP contribution < -0.4 is 10.0 Å². The summed E-state index contributed by atoms with van der Waals surface area (Å²) in [7, 11) is -1.62. The van der Waals surface area contributed by atoms with E-state index in [0.717, 1.165) is 10.0 Å². The number of benzene rings is 1. The van der Waals surface area contributed by atoms with Crippen LogP contribution in [0.25, 0.3) is 0 Å². The van der Waals surface area contributed by atoms with Crippen molar-refractivity contribution in [1.82, 2.24) is 10.0 Å². The van der Waals surface area contributed by atoms with Crippen LogP contribution in [0.15, 0.2) is 27.6 Å². The molecule has 2 N–H and O–H groups in total. The van der Waals surface area contributed by atoms with E-state index in [9.17, 15) is 8.42 Å². The lowest BCUT2D eigenvalue weighted by Crippen LogP contribution is -2.37. The normalized spacial score (nSPS) is 13.6. The highest BCUT2D eigenvalue weighted by Crippen LogP contribution is 2.19. The third-order valence-corrected chi connectivity index (χ3v) is 4.82. The summed E-state index contributed by atoms with van der Waals surface area (Å²) in [5, 5.41) is 2.98. The van der Waals surface area contributed by atoms with E-state index in [1.807, 2.05) is 13.8 Å². The Bertz CT molecular complexity index is 488. The van der Waals surface area contributed by atoms with Crippen LogP contribution in [0.1, 0.15) is 12.5 Å². The fraction of sp³-hybridized carbons (Fsp3) is 0.455. The fourth-order valence-electron chi connectivity index (χ4n) is 1.20. The van der Waals surface area contributed by atoms with Crippen LogP contribution in [0.5, 0.6) is 0 Å². The molecule has 0 fully saturated rings. The van der Waals surface area contributed by atoms with Crippen LogP contribution >= 0.6 is 15.9 Å². The van der Waals surface area contributed by atoms with E-state index < -0.39 is 10.0 Å². The molecule has 1 atom stereocenters. The Morgan fingerprint density at radius 2 is 2.06 bits per heavy atom. The Morgan fingerprint density at radius 1 is 1.41 bits per heavy atom. The lowest BCUT2D eigenvalue weighted by Gasteiger charge is -2.12. The SMILES string of the molecule is CNC(C)CNS(=O)(=O)c1ccc(Br)c(C)c1. The number of hydrogen-bond acceptors (Lipinski definition) is 3. The summed E-state index contributed by atoms with van der Waals surface area (Å²) in [6.07, 6.45) is 0. The maximum atomic E-state index is 12.0. The average Bonchev–Trinajstić information content (AvgIpc) is 2.29. The van der Waals surface area contributed by atoms with Crippen molar-refractivity contribution in [2.24, 2.45) is 0 Å². The number of sulfonamides is 1. The fourth-order valence-corrected chi connectivity index (χ4v) is 2.67. The van der Waals surface area contributed by atoms with Crippen molar-refractivity contribution >= 4 is 26.0 Å². The van der Waals surface area contributed by atoms with E-state index in [0.29, 0.717) is 11.4 Å². The van der Waals surface area contributed by atoms with E-state index in [-0.39, 0.29) is 6.04 Å². The highest BCUT2D eigenvalue weighted by atomic mass is 79.9. The molecular formula is C11H17BrN2O2S. The second kappa shape index (κ2) is 5.95. The standard InChI is InChI=1S/C11H17BrN2O2S/c1-8-6-10(4-5-11(8)12)17(15,16)14-7-9(2)13-3/h4-6,9,13-14H,7H2,1-3H3. The Kier molecular flexibility index (Phi) is 5.12.